The SMILES string of the molecule is CC(C)C(=O)N1CCC(OC2CCN(C(=O)C(C)C)CC2)CC1. The molecule has 2 amide bonds. The molecule has 0 N–H and O–H groups in total. The predicted octanol–water partition coefficient (Wildman–Crippen LogP) is 2.30. The first kappa shape index (κ1) is 18.2. The van der Waals surface area contributed by atoms with Crippen LogP contribution in [0.25, 0.3) is 0 Å². The van der Waals surface area contributed by atoms with Crippen LogP contribution in [0.4, 0.5) is 0 Å². The normalized spacial score (nSPS) is 21.3. The van der Waals surface area contributed by atoms with E-state index in [1.165, 1.54) is 0 Å². The molecule has 5 heteroatoms. The molecule has 5 nitrogen and oxygen atoms in total. The largest absolute Gasteiger partial charge is 0.375 e. The summed E-state index contributed by atoms with van der Waals surface area (Å²) in [5.41, 5.74) is 0. The van der Waals surface area contributed by atoms with Crippen LogP contribution in [0.15, 0.2) is 0 Å². The van der Waals surface area contributed by atoms with E-state index in [-0.39, 0.29) is 35.9 Å². The van der Waals surface area contributed by atoms with Crippen LogP contribution < -0.4 is 0 Å². The minimum Gasteiger partial charge on any atom is -0.375 e. The van der Waals surface area contributed by atoms with E-state index in [1.807, 2.05) is 37.5 Å². The highest BCUT2D eigenvalue weighted by Gasteiger charge is 2.29. The summed E-state index contributed by atoms with van der Waals surface area (Å²) in [4.78, 5) is 27.9. The van der Waals surface area contributed by atoms with Crippen molar-refractivity contribution in [3.8, 4) is 0 Å². The van der Waals surface area contributed by atoms with Gasteiger partial charge in [0.05, 0.1) is 12.2 Å². The van der Waals surface area contributed by atoms with Crippen molar-refractivity contribution in [2.45, 2.75) is 65.6 Å². The lowest BCUT2D eigenvalue weighted by Crippen LogP contribution is -2.46. The predicted molar refractivity (Wildman–Crippen MR) is 90.0 cm³/mol. The first-order valence-corrected chi connectivity index (χ1v) is 9.11. The average Bonchev–Trinajstić information content (AvgIpc) is 2.54. The summed E-state index contributed by atoms with van der Waals surface area (Å²) in [5.74, 6) is 0.665. The minimum atomic E-state index is 0.0790. The Morgan fingerprint density at radius 2 is 1.04 bits per heavy atom. The Morgan fingerprint density at radius 3 is 1.30 bits per heavy atom. The third-order valence-electron chi connectivity index (χ3n) is 4.88. The number of rotatable bonds is 4. The highest BCUT2D eigenvalue weighted by Crippen LogP contribution is 2.22. The van der Waals surface area contributed by atoms with Crippen LogP contribution in [0.5, 0.6) is 0 Å². The molecular formula is C18H32N2O3. The number of hydrogen-bond acceptors (Lipinski definition) is 3. The van der Waals surface area contributed by atoms with Crippen LogP contribution >= 0.6 is 0 Å². The van der Waals surface area contributed by atoms with Gasteiger partial charge in [-0.15, -0.1) is 0 Å². The Morgan fingerprint density at radius 1 is 0.739 bits per heavy atom. The fourth-order valence-corrected chi connectivity index (χ4v) is 3.43. The molecule has 0 saturated carbocycles. The molecule has 0 aromatic carbocycles. The lowest BCUT2D eigenvalue weighted by molar-refractivity contribution is -0.140. The van der Waals surface area contributed by atoms with Crippen LogP contribution in [0.3, 0.4) is 0 Å². The van der Waals surface area contributed by atoms with Gasteiger partial charge in [0.2, 0.25) is 11.8 Å². The fraction of sp³-hybridized carbons (Fsp3) is 0.889. The zero-order valence-electron chi connectivity index (χ0n) is 15.1. The summed E-state index contributed by atoms with van der Waals surface area (Å²) in [6, 6.07) is 0. The summed E-state index contributed by atoms with van der Waals surface area (Å²) < 4.78 is 6.23. The van der Waals surface area contributed by atoms with Crippen LogP contribution in [-0.4, -0.2) is 60.0 Å². The smallest absolute Gasteiger partial charge is 0.225 e. The number of likely N-dealkylation sites (tertiary alicyclic amines) is 2. The lowest BCUT2D eigenvalue weighted by Gasteiger charge is -2.38. The standard InChI is InChI=1S/C18H32N2O3/c1-13(2)17(21)19-9-5-15(6-10-19)23-16-7-11-20(12-8-16)18(22)14(3)4/h13-16H,5-12H2,1-4H3. The molecular weight excluding hydrogens is 292 g/mol. The zero-order valence-corrected chi connectivity index (χ0v) is 15.1. The first-order chi connectivity index (χ1) is 10.9. The second kappa shape index (κ2) is 8.13. The van der Waals surface area contributed by atoms with Gasteiger partial charge >= 0.3 is 0 Å². The van der Waals surface area contributed by atoms with Gasteiger partial charge in [0.15, 0.2) is 0 Å². The van der Waals surface area contributed by atoms with Crippen LogP contribution in [-0.2, 0) is 14.3 Å². The summed E-state index contributed by atoms with van der Waals surface area (Å²) in [6.07, 6.45) is 4.27. The lowest BCUT2D eigenvalue weighted by atomic mass is 10.0. The molecule has 2 rings (SSSR count). The molecule has 0 spiro atoms. The van der Waals surface area contributed by atoms with Crippen molar-refractivity contribution < 1.29 is 14.3 Å². The van der Waals surface area contributed by atoms with Crippen LogP contribution in [0.2, 0.25) is 0 Å². The second-order valence-electron chi connectivity index (χ2n) is 7.49. The van der Waals surface area contributed by atoms with Crippen molar-refractivity contribution in [3.05, 3.63) is 0 Å². The van der Waals surface area contributed by atoms with Gasteiger partial charge in [-0.05, 0) is 25.7 Å². The minimum absolute atomic E-state index is 0.0790. The third kappa shape index (κ3) is 4.93. The molecule has 0 aromatic rings. The fourth-order valence-electron chi connectivity index (χ4n) is 3.43. The van der Waals surface area contributed by atoms with Crippen molar-refractivity contribution in [2.24, 2.45) is 11.8 Å². The molecule has 23 heavy (non-hydrogen) atoms. The van der Waals surface area contributed by atoms with Crippen molar-refractivity contribution in [2.75, 3.05) is 26.2 Å². The van der Waals surface area contributed by atoms with E-state index in [0.29, 0.717) is 0 Å². The summed E-state index contributed by atoms with van der Waals surface area (Å²) in [6.45, 7) is 11.1. The van der Waals surface area contributed by atoms with Crippen molar-refractivity contribution >= 4 is 11.8 Å². The molecule has 0 unspecified atom stereocenters. The van der Waals surface area contributed by atoms with E-state index in [2.05, 4.69) is 0 Å². The highest BCUT2D eigenvalue weighted by atomic mass is 16.5. The summed E-state index contributed by atoms with van der Waals surface area (Å²) >= 11 is 0. The summed E-state index contributed by atoms with van der Waals surface area (Å²) in [5, 5.41) is 0. The van der Waals surface area contributed by atoms with E-state index < -0.39 is 0 Å². The van der Waals surface area contributed by atoms with E-state index in [9.17, 15) is 9.59 Å². The van der Waals surface area contributed by atoms with E-state index in [0.717, 1.165) is 51.9 Å². The number of carbonyl (C=O) groups excluding carboxylic acids is 2. The van der Waals surface area contributed by atoms with Gasteiger partial charge < -0.3 is 14.5 Å². The molecule has 0 aromatic heterocycles. The zero-order chi connectivity index (χ0) is 17.0. The maximum Gasteiger partial charge on any atom is 0.225 e. The van der Waals surface area contributed by atoms with Gasteiger partial charge in [0, 0.05) is 38.0 Å². The molecule has 132 valence electrons. The van der Waals surface area contributed by atoms with Gasteiger partial charge in [0.1, 0.15) is 0 Å². The van der Waals surface area contributed by atoms with Gasteiger partial charge in [0.25, 0.3) is 0 Å². The molecule has 0 radical (unpaired) electrons. The average molecular weight is 324 g/mol. The molecule has 2 aliphatic rings. The van der Waals surface area contributed by atoms with E-state index >= 15 is 0 Å². The Kier molecular flexibility index (Phi) is 6.45. The number of carbonyl (C=O) groups is 2. The molecule has 2 aliphatic heterocycles. The maximum absolute atomic E-state index is 12.0. The van der Waals surface area contributed by atoms with Gasteiger partial charge in [-0.25, -0.2) is 0 Å². The molecule has 2 heterocycles. The molecule has 2 saturated heterocycles. The van der Waals surface area contributed by atoms with Crippen molar-refractivity contribution in [3.63, 3.8) is 0 Å². The number of nitrogens with zero attached hydrogens (tertiary/aromatic N) is 2. The second-order valence-corrected chi connectivity index (χ2v) is 7.49. The molecule has 0 atom stereocenters. The molecule has 0 aliphatic carbocycles. The van der Waals surface area contributed by atoms with Crippen LogP contribution in [0.1, 0.15) is 53.4 Å². The number of hydrogen-bond donors (Lipinski definition) is 0. The number of amides is 2. The molecule has 2 fully saturated rings. The van der Waals surface area contributed by atoms with Crippen molar-refractivity contribution in [1.29, 1.82) is 0 Å². The quantitative estimate of drug-likeness (QED) is 0.797. The van der Waals surface area contributed by atoms with E-state index in [1.54, 1.807) is 0 Å². The monoisotopic (exact) mass is 324 g/mol. The Hall–Kier alpha value is -1.10. The molecule has 0 bridgehead atoms. The number of ether oxygens (including phenoxy) is 1. The topological polar surface area (TPSA) is 49.9 Å². The van der Waals surface area contributed by atoms with Crippen LogP contribution in [0, 0.1) is 11.8 Å². The maximum atomic E-state index is 12.0. The number of piperidine rings is 2. The first-order valence-electron chi connectivity index (χ1n) is 9.11. The van der Waals surface area contributed by atoms with Gasteiger partial charge in [-0.3, -0.25) is 9.59 Å². The highest BCUT2D eigenvalue weighted by molar-refractivity contribution is 5.78. The Balaban J connectivity index is 1.70. The summed E-state index contributed by atoms with van der Waals surface area (Å²) in [7, 11) is 0. The van der Waals surface area contributed by atoms with Crippen molar-refractivity contribution in [1.82, 2.24) is 9.80 Å². The third-order valence-corrected chi connectivity index (χ3v) is 4.88. The van der Waals surface area contributed by atoms with E-state index in [4.69, 9.17) is 4.74 Å². The van der Waals surface area contributed by atoms with Gasteiger partial charge in [-0.2, -0.15) is 0 Å². The Bertz CT molecular complexity index is 368. The Labute approximate surface area is 140 Å². The van der Waals surface area contributed by atoms with Gasteiger partial charge in [-0.1, -0.05) is 27.7 Å².